The topological polar surface area (TPSA) is 84.9 Å². The molecule has 0 bridgehead atoms. The number of nitrogens with one attached hydrogen (secondary N) is 1. The van der Waals surface area contributed by atoms with Crippen molar-refractivity contribution in [2.75, 3.05) is 30.5 Å². The van der Waals surface area contributed by atoms with E-state index in [0.717, 1.165) is 5.56 Å². The van der Waals surface area contributed by atoms with Gasteiger partial charge in [-0.1, -0.05) is 75.4 Å². The van der Waals surface area contributed by atoms with Gasteiger partial charge in [0.25, 0.3) is 0 Å². The first-order chi connectivity index (χ1) is 21.1. The summed E-state index contributed by atoms with van der Waals surface area (Å²) >= 11 is 0. The number of ketones is 1. The van der Waals surface area contributed by atoms with E-state index < -0.39 is 17.4 Å². The van der Waals surface area contributed by atoms with Crippen molar-refractivity contribution in [3.63, 3.8) is 0 Å². The molecule has 4 aromatic carbocycles. The third kappa shape index (κ3) is 8.31. The molecular weight excluding hydrogens is 559 g/mol. The number of hydrogen-bond acceptors (Lipinski definition) is 6. The number of carbonyl (C=O) groups is 3. The molecule has 228 valence electrons. The zero-order valence-corrected chi connectivity index (χ0v) is 25.4. The van der Waals surface area contributed by atoms with Crippen LogP contribution in [-0.2, 0) is 20.7 Å². The molecular formula is C36H37FN2O5. The summed E-state index contributed by atoms with van der Waals surface area (Å²) < 4.78 is 24.5. The molecule has 0 aliphatic heterocycles. The molecule has 0 heterocycles. The van der Waals surface area contributed by atoms with Crippen molar-refractivity contribution in [2.24, 2.45) is 5.41 Å². The highest BCUT2D eigenvalue weighted by Gasteiger charge is 2.28. The smallest absolute Gasteiger partial charge is 0.328 e. The van der Waals surface area contributed by atoms with Crippen LogP contribution < -0.4 is 15.0 Å². The molecule has 1 N–H and O–H groups in total. The number of anilines is 2. The zero-order valence-electron chi connectivity index (χ0n) is 25.4. The lowest BCUT2D eigenvalue weighted by Crippen LogP contribution is -2.41. The van der Waals surface area contributed by atoms with Crippen molar-refractivity contribution >= 4 is 29.0 Å². The van der Waals surface area contributed by atoms with Gasteiger partial charge in [0, 0.05) is 34.3 Å². The molecule has 0 spiro atoms. The Balaban J connectivity index is 1.42. The number of esters is 1. The molecule has 8 heteroatoms. The average Bonchev–Trinajstić information content (AvgIpc) is 3.03. The van der Waals surface area contributed by atoms with Crippen LogP contribution in [0.4, 0.5) is 15.8 Å². The van der Waals surface area contributed by atoms with E-state index in [4.69, 9.17) is 9.47 Å². The summed E-state index contributed by atoms with van der Waals surface area (Å²) in [5.41, 5.74) is 2.36. The third-order valence-electron chi connectivity index (χ3n) is 6.99. The fraction of sp³-hybridized carbons (Fsp3) is 0.250. The van der Waals surface area contributed by atoms with Crippen LogP contribution in [0.2, 0.25) is 0 Å². The largest absolute Gasteiger partial charge is 0.492 e. The maximum Gasteiger partial charge on any atom is 0.328 e. The molecule has 0 radical (unpaired) electrons. The lowest BCUT2D eigenvalue weighted by atomic mass is 9.94. The molecule has 4 rings (SSSR count). The highest BCUT2D eigenvalue weighted by Crippen LogP contribution is 2.25. The summed E-state index contributed by atoms with van der Waals surface area (Å²) in [7, 11) is 1.33. The van der Waals surface area contributed by atoms with Gasteiger partial charge in [0.05, 0.1) is 13.7 Å². The molecule has 7 nitrogen and oxygen atoms in total. The van der Waals surface area contributed by atoms with E-state index in [1.807, 2.05) is 39.0 Å². The van der Waals surface area contributed by atoms with Crippen LogP contribution in [0.25, 0.3) is 0 Å². The van der Waals surface area contributed by atoms with Gasteiger partial charge in [-0.2, -0.15) is 0 Å². The summed E-state index contributed by atoms with van der Waals surface area (Å²) in [5.74, 6) is -0.491. The van der Waals surface area contributed by atoms with Gasteiger partial charge >= 0.3 is 5.97 Å². The molecule has 0 aliphatic rings. The highest BCUT2D eigenvalue weighted by atomic mass is 19.1. The predicted octanol–water partition coefficient (Wildman–Crippen LogP) is 6.71. The maximum absolute atomic E-state index is 13.5. The molecule has 1 amide bonds. The lowest BCUT2D eigenvalue weighted by molar-refractivity contribution is -0.141. The minimum atomic E-state index is -0.746. The van der Waals surface area contributed by atoms with Gasteiger partial charge in [-0.3, -0.25) is 9.59 Å². The third-order valence-corrected chi connectivity index (χ3v) is 6.99. The molecule has 0 fully saturated rings. The number of halogens is 1. The molecule has 1 atom stereocenters. The first-order valence-electron chi connectivity index (χ1n) is 14.4. The number of amides is 1. The Hall–Kier alpha value is -4.98. The van der Waals surface area contributed by atoms with Crippen molar-refractivity contribution in [2.45, 2.75) is 33.2 Å². The van der Waals surface area contributed by atoms with Crippen molar-refractivity contribution in [3.05, 3.63) is 126 Å². The highest BCUT2D eigenvalue weighted by molar-refractivity contribution is 6.12. The summed E-state index contributed by atoms with van der Waals surface area (Å²) in [5, 5.41) is 3.21. The van der Waals surface area contributed by atoms with Crippen molar-refractivity contribution in [3.8, 4) is 5.75 Å². The van der Waals surface area contributed by atoms with E-state index in [1.165, 1.54) is 19.2 Å². The molecule has 0 saturated heterocycles. The molecule has 0 unspecified atom stereocenters. The summed E-state index contributed by atoms with van der Waals surface area (Å²) in [6.45, 7) is 6.00. The monoisotopic (exact) mass is 596 g/mol. The Morgan fingerprint density at radius 2 is 1.48 bits per heavy atom. The summed E-state index contributed by atoms with van der Waals surface area (Å²) in [6.07, 6.45) is 0.305. The second kappa shape index (κ2) is 14.5. The SMILES string of the molecule is COC(=O)[C@H](Cc1ccc(OCCN(C(=O)C(C)(C)C)c2ccc(F)cc2)cc1)Nc1ccccc1C(=O)c1ccccc1. The normalized spacial score (nSPS) is 11.8. The Bertz CT molecular complexity index is 1570. The van der Waals surface area contributed by atoms with Gasteiger partial charge in [-0.25, -0.2) is 9.18 Å². The van der Waals surface area contributed by atoms with Crippen LogP contribution in [0.1, 0.15) is 42.3 Å². The quantitative estimate of drug-likeness (QED) is 0.145. The van der Waals surface area contributed by atoms with Crippen molar-refractivity contribution in [1.29, 1.82) is 0 Å². The Morgan fingerprint density at radius 1 is 0.841 bits per heavy atom. The van der Waals surface area contributed by atoms with Crippen molar-refractivity contribution in [1.82, 2.24) is 0 Å². The number of ether oxygens (including phenoxy) is 2. The van der Waals surface area contributed by atoms with Crippen LogP contribution in [0.5, 0.6) is 5.75 Å². The number of rotatable bonds is 12. The number of para-hydroxylation sites is 1. The van der Waals surface area contributed by atoms with Gasteiger partial charge in [-0.15, -0.1) is 0 Å². The summed E-state index contributed by atoms with van der Waals surface area (Å²) in [4.78, 5) is 40.6. The number of carbonyl (C=O) groups excluding carboxylic acids is 3. The van der Waals surface area contributed by atoms with E-state index in [2.05, 4.69) is 5.32 Å². The van der Waals surface area contributed by atoms with E-state index in [9.17, 15) is 18.8 Å². The lowest BCUT2D eigenvalue weighted by Gasteiger charge is -2.29. The minimum absolute atomic E-state index is 0.101. The van der Waals surface area contributed by atoms with E-state index in [0.29, 0.717) is 34.7 Å². The Kier molecular flexibility index (Phi) is 10.5. The molecule has 44 heavy (non-hydrogen) atoms. The van der Waals surface area contributed by atoms with Crippen LogP contribution in [0.3, 0.4) is 0 Å². The second-order valence-corrected chi connectivity index (χ2v) is 11.3. The maximum atomic E-state index is 13.5. The van der Waals surface area contributed by atoms with Gasteiger partial charge in [-0.05, 0) is 54.1 Å². The van der Waals surface area contributed by atoms with E-state index in [-0.39, 0.29) is 30.7 Å². The number of methoxy groups -OCH3 is 1. The first kappa shape index (κ1) is 31.9. The Labute approximate surface area is 257 Å². The fourth-order valence-corrected chi connectivity index (χ4v) is 4.66. The Morgan fingerprint density at radius 3 is 2.11 bits per heavy atom. The predicted molar refractivity (Wildman–Crippen MR) is 170 cm³/mol. The van der Waals surface area contributed by atoms with Crippen LogP contribution in [0, 0.1) is 11.2 Å². The van der Waals surface area contributed by atoms with Crippen LogP contribution >= 0.6 is 0 Å². The minimum Gasteiger partial charge on any atom is -0.492 e. The zero-order chi connectivity index (χ0) is 31.7. The molecule has 0 aliphatic carbocycles. The second-order valence-electron chi connectivity index (χ2n) is 11.3. The van der Waals surface area contributed by atoms with Gasteiger partial charge in [0.2, 0.25) is 5.91 Å². The van der Waals surface area contributed by atoms with Crippen LogP contribution in [-0.4, -0.2) is 44.0 Å². The standard InChI is InChI=1S/C36H37FN2O5/c1-36(2,3)35(42)39(28-18-16-27(37)17-19-28)22-23-44-29-20-14-25(15-21-29)24-32(34(41)43-4)38-31-13-9-8-12-30(31)33(40)26-10-6-5-7-11-26/h5-21,32,38H,22-24H2,1-4H3/t32-/m0/s1. The van der Waals surface area contributed by atoms with Gasteiger partial charge in [0.15, 0.2) is 5.78 Å². The van der Waals surface area contributed by atoms with Crippen molar-refractivity contribution < 1.29 is 28.2 Å². The number of benzene rings is 4. The van der Waals surface area contributed by atoms with Gasteiger partial charge < -0.3 is 19.7 Å². The number of nitrogens with zero attached hydrogens (tertiary/aromatic N) is 1. The fourth-order valence-electron chi connectivity index (χ4n) is 4.66. The van der Waals surface area contributed by atoms with E-state index >= 15 is 0 Å². The number of hydrogen-bond donors (Lipinski definition) is 1. The molecule has 0 saturated carbocycles. The van der Waals surface area contributed by atoms with Gasteiger partial charge in [0.1, 0.15) is 24.2 Å². The first-order valence-corrected chi connectivity index (χ1v) is 14.4. The molecule has 0 aromatic heterocycles. The average molecular weight is 597 g/mol. The van der Waals surface area contributed by atoms with Crippen LogP contribution in [0.15, 0.2) is 103 Å². The van der Waals surface area contributed by atoms with E-state index in [1.54, 1.807) is 77.7 Å². The summed E-state index contributed by atoms with van der Waals surface area (Å²) in [6, 6.07) is 28.4. The molecule has 4 aromatic rings.